The van der Waals surface area contributed by atoms with Crippen molar-refractivity contribution in [3.05, 3.63) is 0 Å². The van der Waals surface area contributed by atoms with Crippen LogP contribution < -0.4 is 11.1 Å². The molecule has 20 heavy (non-hydrogen) atoms. The van der Waals surface area contributed by atoms with Crippen LogP contribution in [0, 0.1) is 11.8 Å². The number of ether oxygens (including phenoxy) is 1. The molecule has 4 nitrogen and oxygen atoms in total. The van der Waals surface area contributed by atoms with Gasteiger partial charge in [0.05, 0.1) is 6.61 Å². The van der Waals surface area contributed by atoms with Crippen LogP contribution in [0.3, 0.4) is 0 Å². The average Bonchev–Trinajstić information content (AvgIpc) is 2.74. The number of carbonyl (C=O) groups is 1. The molecule has 0 radical (unpaired) electrons. The van der Waals surface area contributed by atoms with E-state index in [0.717, 1.165) is 19.3 Å². The van der Waals surface area contributed by atoms with Crippen molar-refractivity contribution in [3.63, 3.8) is 0 Å². The first-order valence-corrected chi connectivity index (χ1v) is 6.48. The van der Waals surface area contributed by atoms with Crippen molar-refractivity contribution in [1.29, 1.82) is 0 Å². The Bertz CT molecular complexity index is 303. The third kappa shape index (κ3) is 6.76. The molecule has 0 aromatic carbocycles. The van der Waals surface area contributed by atoms with Gasteiger partial charge in [-0.25, -0.2) is 0 Å². The summed E-state index contributed by atoms with van der Waals surface area (Å²) in [4.78, 5) is 11.9. The Balaban J connectivity index is 0.00000361. The van der Waals surface area contributed by atoms with Gasteiger partial charge in [-0.3, -0.25) is 4.79 Å². The fraction of sp³-hybridized carbons (Fsp3) is 0.917. The van der Waals surface area contributed by atoms with E-state index >= 15 is 0 Å². The Morgan fingerprint density at radius 3 is 2.65 bits per heavy atom. The number of carbonyl (C=O) groups excluding carboxylic acids is 1. The highest BCUT2D eigenvalue weighted by Gasteiger charge is 2.32. The zero-order valence-electron chi connectivity index (χ0n) is 11.4. The number of alkyl halides is 3. The van der Waals surface area contributed by atoms with Gasteiger partial charge in [-0.05, 0) is 32.2 Å². The first-order valence-electron chi connectivity index (χ1n) is 6.48. The van der Waals surface area contributed by atoms with Gasteiger partial charge < -0.3 is 15.8 Å². The maximum absolute atomic E-state index is 11.9. The molecule has 1 fully saturated rings. The van der Waals surface area contributed by atoms with E-state index in [2.05, 4.69) is 10.1 Å². The summed E-state index contributed by atoms with van der Waals surface area (Å²) in [6.07, 6.45) is -1.63. The molecule has 0 aliphatic heterocycles. The molecule has 0 aromatic heterocycles. The molecule has 0 aromatic rings. The molecule has 1 unspecified atom stereocenters. The van der Waals surface area contributed by atoms with Crippen LogP contribution in [-0.4, -0.2) is 37.9 Å². The third-order valence-corrected chi connectivity index (χ3v) is 3.32. The lowest BCUT2D eigenvalue weighted by Crippen LogP contribution is -2.42. The minimum Gasteiger partial charge on any atom is -0.370 e. The lowest BCUT2D eigenvalue weighted by Gasteiger charge is -2.21. The topological polar surface area (TPSA) is 64.3 Å². The van der Waals surface area contributed by atoms with Crippen LogP contribution in [0.4, 0.5) is 13.2 Å². The van der Waals surface area contributed by atoms with Crippen molar-refractivity contribution in [2.24, 2.45) is 17.6 Å². The van der Waals surface area contributed by atoms with Crippen LogP contribution in [-0.2, 0) is 9.53 Å². The molecular weight excluding hydrogens is 297 g/mol. The average molecular weight is 319 g/mol. The molecule has 1 amide bonds. The second-order valence-corrected chi connectivity index (χ2v) is 5.07. The van der Waals surface area contributed by atoms with E-state index in [4.69, 9.17) is 5.73 Å². The Morgan fingerprint density at radius 1 is 1.45 bits per heavy atom. The van der Waals surface area contributed by atoms with E-state index in [-0.39, 0.29) is 36.8 Å². The quantitative estimate of drug-likeness (QED) is 0.786. The van der Waals surface area contributed by atoms with Gasteiger partial charge >= 0.3 is 6.18 Å². The number of amides is 1. The third-order valence-electron chi connectivity index (χ3n) is 3.32. The van der Waals surface area contributed by atoms with Gasteiger partial charge in [-0.1, -0.05) is 6.42 Å². The summed E-state index contributed by atoms with van der Waals surface area (Å²) < 4.78 is 40.2. The summed E-state index contributed by atoms with van der Waals surface area (Å²) in [7, 11) is 0. The number of hydrogen-bond donors (Lipinski definition) is 2. The summed E-state index contributed by atoms with van der Waals surface area (Å²) in [6.45, 7) is 0.658. The van der Waals surface area contributed by atoms with E-state index < -0.39 is 18.8 Å². The van der Waals surface area contributed by atoms with E-state index in [0.29, 0.717) is 6.54 Å². The molecule has 0 heterocycles. The van der Waals surface area contributed by atoms with Crippen molar-refractivity contribution in [2.75, 3.05) is 19.8 Å². The predicted octanol–water partition coefficient (Wildman–Crippen LogP) is 1.87. The minimum absolute atomic E-state index is 0. The van der Waals surface area contributed by atoms with Gasteiger partial charge in [-0.15, -0.1) is 12.4 Å². The fourth-order valence-electron chi connectivity index (χ4n) is 2.41. The smallest absolute Gasteiger partial charge is 0.370 e. The predicted molar refractivity (Wildman–Crippen MR) is 71.6 cm³/mol. The SMILES string of the molecule is CC(COCC(F)(F)F)NC(=O)[C@@H]1CCC[C@@H]1CN.Cl. The number of hydrogen-bond acceptors (Lipinski definition) is 3. The maximum Gasteiger partial charge on any atom is 0.411 e. The second-order valence-electron chi connectivity index (χ2n) is 5.07. The number of rotatable bonds is 6. The summed E-state index contributed by atoms with van der Waals surface area (Å²) in [5.74, 6) is -0.0607. The minimum atomic E-state index is -4.33. The van der Waals surface area contributed by atoms with E-state index in [1.54, 1.807) is 6.92 Å². The maximum atomic E-state index is 11.9. The largest absolute Gasteiger partial charge is 0.411 e. The highest BCUT2D eigenvalue weighted by Crippen LogP contribution is 2.31. The van der Waals surface area contributed by atoms with Crippen LogP contribution in [0.15, 0.2) is 0 Å². The number of nitrogens with one attached hydrogen (secondary N) is 1. The van der Waals surface area contributed by atoms with Crippen LogP contribution in [0.25, 0.3) is 0 Å². The molecule has 3 N–H and O–H groups in total. The lowest BCUT2D eigenvalue weighted by atomic mass is 9.95. The van der Waals surface area contributed by atoms with Crippen molar-refractivity contribution >= 4 is 18.3 Å². The molecule has 1 aliphatic rings. The number of halogens is 4. The van der Waals surface area contributed by atoms with Crippen molar-refractivity contribution < 1.29 is 22.7 Å². The second kappa shape index (κ2) is 8.69. The van der Waals surface area contributed by atoms with Gasteiger partial charge in [-0.2, -0.15) is 13.2 Å². The first-order chi connectivity index (χ1) is 8.83. The monoisotopic (exact) mass is 318 g/mol. The van der Waals surface area contributed by atoms with Crippen molar-refractivity contribution in [3.8, 4) is 0 Å². The van der Waals surface area contributed by atoms with E-state index in [1.165, 1.54) is 0 Å². The zero-order chi connectivity index (χ0) is 14.5. The highest BCUT2D eigenvalue weighted by molar-refractivity contribution is 5.85. The molecule has 3 atom stereocenters. The standard InChI is InChI=1S/C12H21F3N2O2.ClH/c1-8(6-19-7-12(13,14)15)17-11(18)10-4-2-3-9(10)5-16;/h8-10H,2-7,16H2,1H3,(H,17,18);1H/t8?,9-,10-;/m1./s1. The summed E-state index contributed by atoms with van der Waals surface area (Å²) in [5, 5.41) is 2.69. The summed E-state index contributed by atoms with van der Waals surface area (Å²) in [6, 6.07) is -0.436. The fourth-order valence-corrected chi connectivity index (χ4v) is 2.41. The summed E-state index contributed by atoms with van der Waals surface area (Å²) in [5.41, 5.74) is 5.59. The molecule has 1 aliphatic carbocycles. The van der Waals surface area contributed by atoms with Crippen LogP contribution in [0.1, 0.15) is 26.2 Å². The van der Waals surface area contributed by atoms with Crippen LogP contribution in [0.5, 0.6) is 0 Å². The van der Waals surface area contributed by atoms with Crippen LogP contribution in [0.2, 0.25) is 0 Å². The Morgan fingerprint density at radius 2 is 2.10 bits per heavy atom. The lowest BCUT2D eigenvalue weighted by molar-refractivity contribution is -0.175. The Hall–Kier alpha value is -0.530. The van der Waals surface area contributed by atoms with Crippen LogP contribution >= 0.6 is 12.4 Å². The molecule has 0 spiro atoms. The van der Waals surface area contributed by atoms with E-state index in [1.807, 2.05) is 0 Å². The summed E-state index contributed by atoms with van der Waals surface area (Å²) >= 11 is 0. The number of nitrogens with two attached hydrogens (primary N) is 1. The van der Waals surface area contributed by atoms with E-state index in [9.17, 15) is 18.0 Å². The molecule has 0 bridgehead atoms. The zero-order valence-corrected chi connectivity index (χ0v) is 12.2. The first kappa shape index (κ1) is 19.5. The van der Waals surface area contributed by atoms with Gasteiger partial charge in [0.15, 0.2) is 0 Å². The van der Waals surface area contributed by atoms with Gasteiger partial charge in [0.25, 0.3) is 0 Å². The molecule has 1 rings (SSSR count). The molecular formula is C12H22ClF3N2O2. The van der Waals surface area contributed by atoms with Gasteiger partial charge in [0.2, 0.25) is 5.91 Å². The van der Waals surface area contributed by atoms with Gasteiger partial charge in [0, 0.05) is 12.0 Å². The molecule has 0 saturated heterocycles. The molecule has 120 valence electrons. The highest BCUT2D eigenvalue weighted by atomic mass is 35.5. The van der Waals surface area contributed by atoms with Crippen molar-refractivity contribution in [2.45, 2.75) is 38.4 Å². The molecule has 8 heteroatoms. The van der Waals surface area contributed by atoms with Crippen molar-refractivity contribution in [1.82, 2.24) is 5.32 Å². The normalized spacial score (nSPS) is 24.1. The Labute approximate surface area is 123 Å². The van der Waals surface area contributed by atoms with Gasteiger partial charge in [0.1, 0.15) is 6.61 Å². The Kier molecular flexibility index (Phi) is 8.46. The molecule has 1 saturated carbocycles.